The number of benzene rings is 2. The number of ketones is 1. The molecule has 1 fully saturated rings. The van der Waals surface area contributed by atoms with Gasteiger partial charge in [0, 0.05) is 44.6 Å². The van der Waals surface area contributed by atoms with Crippen molar-refractivity contribution in [1.29, 1.82) is 0 Å². The number of alkyl carbamates (subject to hydrolysis) is 1. The highest BCUT2D eigenvalue weighted by Crippen LogP contribution is 2.30. The molecule has 1 N–H and O–H groups in total. The topological polar surface area (TPSA) is 91.7 Å². The van der Waals surface area contributed by atoms with Crippen molar-refractivity contribution in [2.75, 3.05) is 20.3 Å². The normalized spacial score (nSPS) is 15.2. The number of carbonyl (C=O) groups is 2. The Labute approximate surface area is 198 Å². The molecule has 0 radical (unpaired) electrons. The van der Waals surface area contributed by atoms with Crippen LogP contribution in [0.2, 0.25) is 0 Å². The van der Waals surface area contributed by atoms with E-state index in [0.29, 0.717) is 38.3 Å². The van der Waals surface area contributed by atoms with Gasteiger partial charge in [0.2, 0.25) is 0 Å². The largest absolute Gasteiger partial charge is 0.496 e. The second-order valence-electron chi connectivity index (χ2n) is 8.42. The minimum atomic E-state index is -0.458. The molecule has 1 aliphatic rings. The molecule has 178 valence electrons. The van der Waals surface area contributed by atoms with Crippen LogP contribution in [0.5, 0.6) is 5.75 Å². The summed E-state index contributed by atoms with van der Waals surface area (Å²) in [6.45, 7) is 1.40. The van der Waals surface area contributed by atoms with Crippen LogP contribution in [0.3, 0.4) is 0 Å². The molecule has 2 heterocycles. The van der Waals surface area contributed by atoms with Crippen LogP contribution in [-0.4, -0.2) is 47.9 Å². The minimum Gasteiger partial charge on any atom is -0.496 e. The van der Waals surface area contributed by atoms with E-state index in [2.05, 4.69) is 10.3 Å². The molecule has 0 aliphatic carbocycles. The number of hydrogen-bond acceptors (Lipinski definition) is 6. The van der Waals surface area contributed by atoms with Gasteiger partial charge < -0.3 is 24.1 Å². The van der Waals surface area contributed by atoms with E-state index >= 15 is 0 Å². The van der Waals surface area contributed by atoms with Crippen LogP contribution in [0.1, 0.15) is 23.1 Å². The first-order chi connectivity index (χ1) is 16.5. The number of imidazole rings is 1. The fourth-order valence-corrected chi connectivity index (χ4v) is 3.95. The lowest BCUT2D eigenvalue weighted by Crippen LogP contribution is -2.28. The highest BCUT2D eigenvalue weighted by molar-refractivity contribution is 5.83. The summed E-state index contributed by atoms with van der Waals surface area (Å²) in [6, 6.07) is 13.4. The van der Waals surface area contributed by atoms with E-state index in [1.165, 1.54) is 0 Å². The van der Waals surface area contributed by atoms with Gasteiger partial charge in [-0.05, 0) is 28.8 Å². The number of nitrogens with one attached hydrogen (secondary N) is 1. The first-order valence-electron chi connectivity index (χ1n) is 11.3. The van der Waals surface area contributed by atoms with Crippen LogP contribution in [0, 0.1) is 0 Å². The molecule has 0 bridgehead atoms. The third-order valence-electron chi connectivity index (χ3n) is 5.64. The van der Waals surface area contributed by atoms with Crippen molar-refractivity contribution in [2.45, 2.75) is 31.9 Å². The maximum atomic E-state index is 12.8. The van der Waals surface area contributed by atoms with Crippen molar-refractivity contribution in [1.82, 2.24) is 14.9 Å². The number of nitrogens with zero attached hydrogens (tertiary/aromatic N) is 2. The van der Waals surface area contributed by atoms with E-state index in [1.54, 1.807) is 13.4 Å². The zero-order valence-corrected chi connectivity index (χ0v) is 19.5. The van der Waals surface area contributed by atoms with E-state index in [-0.39, 0.29) is 11.9 Å². The summed E-state index contributed by atoms with van der Waals surface area (Å²) in [6.07, 6.45) is 4.36. The van der Waals surface area contributed by atoms with Crippen LogP contribution in [0.25, 0.3) is 11.3 Å². The van der Waals surface area contributed by atoms with Gasteiger partial charge in [0.15, 0.2) is 0 Å². The summed E-state index contributed by atoms with van der Waals surface area (Å²) in [4.78, 5) is 29.1. The smallest absolute Gasteiger partial charge is 0.407 e. The summed E-state index contributed by atoms with van der Waals surface area (Å²) in [5.74, 6) is 0.784. The monoisotopic (exact) mass is 463 g/mol. The molecule has 1 aliphatic heterocycles. The molecular weight excluding hydrogens is 434 g/mol. The summed E-state index contributed by atoms with van der Waals surface area (Å²) < 4.78 is 17.9. The van der Waals surface area contributed by atoms with E-state index < -0.39 is 6.09 Å². The van der Waals surface area contributed by atoms with Gasteiger partial charge in [-0.15, -0.1) is 0 Å². The first kappa shape index (κ1) is 23.5. The Bertz CT molecular complexity index is 1150. The zero-order valence-electron chi connectivity index (χ0n) is 19.5. The first-order valence-corrected chi connectivity index (χ1v) is 11.3. The van der Waals surface area contributed by atoms with Gasteiger partial charge in [-0.25, -0.2) is 9.78 Å². The fourth-order valence-electron chi connectivity index (χ4n) is 3.95. The van der Waals surface area contributed by atoms with Crippen LogP contribution in [-0.2, 0) is 40.7 Å². The average Bonchev–Trinajstić information content (AvgIpc) is 3.49. The molecule has 4 rings (SSSR count). The number of ether oxygens (including phenoxy) is 3. The van der Waals surface area contributed by atoms with Crippen molar-refractivity contribution >= 4 is 11.9 Å². The maximum Gasteiger partial charge on any atom is 0.407 e. The van der Waals surface area contributed by atoms with E-state index in [1.807, 2.05) is 60.3 Å². The van der Waals surface area contributed by atoms with E-state index in [4.69, 9.17) is 14.2 Å². The predicted octanol–water partition coefficient (Wildman–Crippen LogP) is 3.47. The van der Waals surface area contributed by atoms with Crippen LogP contribution in [0.4, 0.5) is 4.79 Å². The number of rotatable bonds is 9. The number of Topliss-reactive ketones (excluding diaryl/α,β-unsaturated/α-hetero) is 1. The second-order valence-corrected chi connectivity index (χ2v) is 8.42. The van der Waals surface area contributed by atoms with Crippen molar-refractivity contribution in [3.63, 3.8) is 0 Å². The molecule has 1 amide bonds. The van der Waals surface area contributed by atoms with Gasteiger partial charge in [-0.1, -0.05) is 30.3 Å². The SMILES string of the molecule is COc1cc(CC(=O)Cc2cccc(CNC(=O)O[C@H]3CCOC3)c2)ccc1-c1cn(C)cn1. The van der Waals surface area contributed by atoms with Gasteiger partial charge in [0.05, 0.1) is 32.3 Å². The van der Waals surface area contributed by atoms with Crippen LogP contribution >= 0.6 is 0 Å². The van der Waals surface area contributed by atoms with Crippen molar-refractivity contribution in [3.05, 3.63) is 71.7 Å². The molecule has 0 spiro atoms. The molecule has 1 atom stereocenters. The third-order valence-corrected chi connectivity index (χ3v) is 5.64. The lowest BCUT2D eigenvalue weighted by Gasteiger charge is -2.12. The summed E-state index contributed by atoms with van der Waals surface area (Å²) >= 11 is 0. The van der Waals surface area contributed by atoms with Gasteiger partial charge in [-0.2, -0.15) is 0 Å². The molecule has 8 heteroatoms. The van der Waals surface area contributed by atoms with Gasteiger partial charge in [0.25, 0.3) is 0 Å². The molecule has 0 unspecified atom stereocenters. The summed E-state index contributed by atoms with van der Waals surface area (Å²) in [5.41, 5.74) is 4.41. The van der Waals surface area contributed by atoms with Crippen LogP contribution < -0.4 is 10.1 Å². The van der Waals surface area contributed by atoms with E-state index in [9.17, 15) is 9.59 Å². The summed E-state index contributed by atoms with van der Waals surface area (Å²) in [5, 5.41) is 2.76. The Morgan fingerprint density at radius 2 is 1.94 bits per heavy atom. The molecule has 1 saturated heterocycles. The number of methoxy groups -OCH3 is 1. The molecule has 2 aromatic carbocycles. The Kier molecular flexibility index (Phi) is 7.59. The van der Waals surface area contributed by atoms with Gasteiger partial charge in [-0.3, -0.25) is 4.79 Å². The number of carbonyl (C=O) groups excluding carboxylic acids is 2. The average molecular weight is 464 g/mol. The number of aryl methyl sites for hydroxylation is 1. The molecule has 3 aromatic rings. The zero-order chi connectivity index (χ0) is 23.9. The van der Waals surface area contributed by atoms with Crippen molar-refractivity contribution in [2.24, 2.45) is 7.05 Å². The Morgan fingerprint density at radius 1 is 1.15 bits per heavy atom. The number of hydrogen-bond donors (Lipinski definition) is 1. The minimum absolute atomic E-state index is 0.0957. The standard InChI is InChI=1S/C26H29N3O5/c1-29-15-24(28-17-29)23-7-6-19(13-25(23)32-2)12-21(30)11-18-4-3-5-20(10-18)14-27-26(31)34-22-8-9-33-16-22/h3-7,10,13,15,17,22H,8-9,11-12,14,16H2,1-2H3,(H,27,31)/t22-/m0/s1. The third kappa shape index (κ3) is 6.23. The lowest BCUT2D eigenvalue weighted by molar-refractivity contribution is -0.117. The number of aromatic nitrogens is 2. The summed E-state index contributed by atoms with van der Waals surface area (Å²) in [7, 11) is 3.53. The molecule has 8 nitrogen and oxygen atoms in total. The van der Waals surface area contributed by atoms with Gasteiger partial charge in [0.1, 0.15) is 17.6 Å². The fraction of sp³-hybridized carbons (Fsp3) is 0.346. The molecule has 0 saturated carbocycles. The lowest BCUT2D eigenvalue weighted by atomic mass is 9.99. The van der Waals surface area contributed by atoms with Crippen molar-refractivity contribution in [3.8, 4) is 17.0 Å². The molecule has 1 aromatic heterocycles. The molecular formula is C26H29N3O5. The highest BCUT2D eigenvalue weighted by atomic mass is 16.6. The predicted molar refractivity (Wildman–Crippen MR) is 127 cm³/mol. The maximum absolute atomic E-state index is 12.8. The quantitative estimate of drug-likeness (QED) is 0.523. The second kappa shape index (κ2) is 11.0. The van der Waals surface area contributed by atoms with Crippen LogP contribution in [0.15, 0.2) is 55.0 Å². The number of amides is 1. The van der Waals surface area contributed by atoms with Gasteiger partial charge >= 0.3 is 6.09 Å². The Morgan fingerprint density at radius 3 is 2.65 bits per heavy atom. The Hall–Kier alpha value is -3.65. The Balaban J connectivity index is 1.32. The molecule has 34 heavy (non-hydrogen) atoms. The van der Waals surface area contributed by atoms with Crippen molar-refractivity contribution < 1.29 is 23.8 Å². The van der Waals surface area contributed by atoms with E-state index in [0.717, 1.165) is 34.4 Å². The highest BCUT2D eigenvalue weighted by Gasteiger charge is 2.19.